The molecule has 1 aliphatic rings. The summed E-state index contributed by atoms with van der Waals surface area (Å²) in [7, 11) is 2.01. The Balaban J connectivity index is 1.73. The molecule has 0 saturated carbocycles. The van der Waals surface area contributed by atoms with Crippen LogP contribution in [0.3, 0.4) is 0 Å². The molecule has 1 unspecified atom stereocenters. The fourth-order valence-electron chi connectivity index (χ4n) is 1.82. The van der Waals surface area contributed by atoms with Crippen molar-refractivity contribution in [1.29, 1.82) is 0 Å². The van der Waals surface area contributed by atoms with Crippen molar-refractivity contribution in [2.75, 3.05) is 40.0 Å². The maximum Gasteiger partial charge on any atom is 0.0517 e. The van der Waals surface area contributed by atoms with Crippen LogP contribution in [0.2, 0.25) is 0 Å². The highest BCUT2D eigenvalue weighted by atomic mass is 16.5. The summed E-state index contributed by atoms with van der Waals surface area (Å²) in [6.07, 6.45) is 6.28. The molecule has 1 N–H and O–H groups in total. The van der Waals surface area contributed by atoms with E-state index in [0.29, 0.717) is 5.92 Å². The highest BCUT2D eigenvalue weighted by molar-refractivity contribution is 4.62. The molecule has 1 atom stereocenters. The van der Waals surface area contributed by atoms with Crippen LogP contribution >= 0.6 is 0 Å². The van der Waals surface area contributed by atoms with Crippen molar-refractivity contribution in [1.82, 2.24) is 5.32 Å². The number of ether oxygens (including phenoxy) is 2. The van der Waals surface area contributed by atoms with Crippen molar-refractivity contribution < 1.29 is 9.47 Å². The van der Waals surface area contributed by atoms with Gasteiger partial charge in [-0.3, -0.25) is 0 Å². The molecule has 3 nitrogen and oxygen atoms in total. The fourth-order valence-corrected chi connectivity index (χ4v) is 1.82. The minimum absolute atomic E-state index is 0.661. The number of rotatable bonds is 9. The molecule has 0 radical (unpaired) electrons. The zero-order valence-corrected chi connectivity index (χ0v) is 9.96. The third kappa shape index (κ3) is 6.88. The quantitative estimate of drug-likeness (QED) is 0.595. The van der Waals surface area contributed by atoms with E-state index in [2.05, 4.69) is 5.32 Å². The zero-order chi connectivity index (χ0) is 10.8. The van der Waals surface area contributed by atoms with Gasteiger partial charge in [-0.1, -0.05) is 12.8 Å². The van der Waals surface area contributed by atoms with Gasteiger partial charge in [-0.2, -0.15) is 0 Å². The Hall–Kier alpha value is -0.120. The van der Waals surface area contributed by atoms with Gasteiger partial charge in [0.1, 0.15) is 0 Å². The van der Waals surface area contributed by atoms with Gasteiger partial charge in [0, 0.05) is 19.1 Å². The van der Waals surface area contributed by atoms with Crippen LogP contribution in [0.5, 0.6) is 0 Å². The van der Waals surface area contributed by atoms with Gasteiger partial charge < -0.3 is 14.8 Å². The van der Waals surface area contributed by atoms with Gasteiger partial charge in [0.25, 0.3) is 0 Å². The van der Waals surface area contributed by atoms with Gasteiger partial charge >= 0.3 is 0 Å². The molecule has 0 aromatic heterocycles. The Morgan fingerprint density at radius 2 is 2.13 bits per heavy atom. The lowest BCUT2D eigenvalue weighted by atomic mass is 10.1. The molecule has 0 amide bonds. The van der Waals surface area contributed by atoms with E-state index in [1.54, 1.807) is 0 Å². The maximum absolute atomic E-state index is 5.63. The summed E-state index contributed by atoms with van der Waals surface area (Å²) in [4.78, 5) is 0. The van der Waals surface area contributed by atoms with Crippen molar-refractivity contribution >= 4 is 0 Å². The third-order valence-electron chi connectivity index (χ3n) is 2.84. The van der Waals surface area contributed by atoms with Crippen LogP contribution in [-0.2, 0) is 9.47 Å². The summed E-state index contributed by atoms with van der Waals surface area (Å²) in [5.41, 5.74) is 0. The Labute approximate surface area is 93.5 Å². The van der Waals surface area contributed by atoms with E-state index in [9.17, 15) is 0 Å². The normalized spacial score (nSPS) is 21.0. The zero-order valence-electron chi connectivity index (χ0n) is 9.96. The first kappa shape index (κ1) is 12.9. The van der Waals surface area contributed by atoms with E-state index in [1.165, 1.54) is 32.1 Å². The molecular formula is C12H25NO2. The van der Waals surface area contributed by atoms with E-state index in [4.69, 9.17) is 9.47 Å². The number of nitrogens with one attached hydrogen (secondary N) is 1. The SMILES string of the molecule is CNCCCCCCOCC1CCOC1. The van der Waals surface area contributed by atoms with Crippen LogP contribution in [0.25, 0.3) is 0 Å². The largest absolute Gasteiger partial charge is 0.381 e. The van der Waals surface area contributed by atoms with Crippen molar-refractivity contribution in [3.8, 4) is 0 Å². The molecule has 1 fully saturated rings. The topological polar surface area (TPSA) is 30.5 Å². The molecule has 0 aromatic carbocycles. The van der Waals surface area contributed by atoms with E-state index in [-0.39, 0.29) is 0 Å². The lowest BCUT2D eigenvalue weighted by molar-refractivity contribution is 0.0871. The molecule has 0 aliphatic carbocycles. The second kappa shape index (κ2) is 9.13. The van der Waals surface area contributed by atoms with Gasteiger partial charge in [-0.25, -0.2) is 0 Å². The Bertz CT molecular complexity index is 136. The lowest BCUT2D eigenvalue weighted by Crippen LogP contribution is -2.10. The third-order valence-corrected chi connectivity index (χ3v) is 2.84. The van der Waals surface area contributed by atoms with Crippen LogP contribution in [0.15, 0.2) is 0 Å². The van der Waals surface area contributed by atoms with Crippen LogP contribution in [0.4, 0.5) is 0 Å². The summed E-state index contributed by atoms with van der Waals surface area (Å²) in [5.74, 6) is 0.661. The molecule has 1 saturated heterocycles. The molecule has 90 valence electrons. The van der Waals surface area contributed by atoms with Crippen molar-refractivity contribution in [3.05, 3.63) is 0 Å². The highest BCUT2D eigenvalue weighted by Gasteiger charge is 2.14. The summed E-state index contributed by atoms with van der Waals surface area (Å²) < 4.78 is 10.9. The van der Waals surface area contributed by atoms with Crippen molar-refractivity contribution in [3.63, 3.8) is 0 Å². The minimum Gasteiger partial charge on any atom is -0.381 e. The van der Waals surface area contributed by atoms with Gasteiger partial charge in [0.05, 0.1) is 13.2 Å². The molecule has 3 heteroatoms. The second-order valence-electron chi connectivity index (χ2n) is 4.32. The predicted octanol–water partition coefficient (Wildman–Crippen LogP) is 1.82. The first-order valence-corrected chi connectivity index (χ1v) is 6.23. The van der Waals surface area contributed by atoms with Gasteiger partial charge in [-0.15, -0.1) is 0 Å². The predicted molar refractivity (Wildman–Crippen MR) is 62.1 cm³/mol. The minimum atomic E-state index is 0.661. The smallest absolute Gasteiger partial charge is 0.0517 e. The van der Waals surface area contributed by atoms with Gasteiger partial charge in [-0.05, 0) is 32.9 Å². The Morgan fingerprint density at radius 1 is 1.27 bits per heavy atom. The maximum atomic E-state index is 5.63. The number of hydrogen-bond donors (Lipinski definition) is 1. The monoisotopic (exact) mass is 215 g/mol. The highest BCUT2D eigenvalue weighted by Crippen LogP contribution is 2.12. The standard InChI is InChI=1S/C12H25NO2/c1-13-7-4-2-3-5-8-14-10-12-6-9-15-11-12/h12-13H,2-11H2,1H3. The van der Waals surface area contributed by atoms with Crippen LogP contribution < -0.4 is 5.32 Å². The number of unbranched alkanes of at least 4 members (excludes halogenated alkanes) is 3. The fraction of sp³-hybridized carbons (Fsp3) is 1.00. The van der Waals surface area contributed by atoms with Gasteiger partial charge in [0.15, 0.2) is 0 Å². The molecular weight excluding hydrogens is 190 g/mol. The second-order valence-corrected chi connectivity index (χ2v) is 4.32. The van der Waals surface area contributed by atoms with Crippen molar-refractivity contribution in [2.24, 2.45) is 5.92 Å². The molecule has 1 aliphatic heterocycles. The van der Waals surface area contributed by atoms with E-state index in [0.717, 1.165) is 33.0 Å². The summed E-state index contributed by atoms with van der Waals surface area (Å²) in [5, 5.41) is 3.16. The van der Waals surface area contributed by atoms with Crippen LogP contribution in [0.1, 0.15) is 32.1 Å². The number of hydrogen-bond acceptors (Lipinski definition) is 3. The summed E-state index contributed by atoms with van der Waals surface area (Å²) in [6, 6.07) is 0. The Kier molecular flexibility index (Phi) is 7.88. The lowest BCUT2D eigenvalue weighted by Gasteiger charge is -2.08. The van der Waals surface area contributed by atoms with Gasteiger partial charge in [0.2, 0.25) is 0 Å². The first-order chi connectivity index (χ1) is 7.43. The van der Waals surface area contributed by atoms with Crippen LogP contribution in [-0.4, -0.2) is 40.0 Å². The van der Waals surface area contributed by atoms with E-state index >= 15 is 0 Å². The molecule has 0 spiro atoms. The summed E-state index contributed by atoms with van der Waals surface area (Å²) in [6.45, 7) is 4.80. The summed E-state index contributed by atoms with van der Waals surface area (Å²) >= 11 is 0. The van der Waals surface area contributed by atoms with E-state index < -0.39 is 0 Å². The average molecular weight is 215 g/mol. The first-order valence-electron chi connectivity index (χ1n) is 6.23. The van der Waals surface area contributed by atoms with Crippen LogP contribution in [0, 0.1) is 5.92 Å². The van der Waals surface area contributed by atoms with E-state index in [1.807, 2.05) is 7.05 Å². The van der Waals surface area contributed by atoms with Crippen molar-refractivity contribution in [2.45, 2.75) is 32.1 Å². The Morgan fingerprint density at radius 3 is 2.87 bits per heavy atom. The molecule has 15 heavy (non-hydrogen) atoms. The molecule has 0 aromatic rings. The average Bonchev–Trinajstić information content (AvgIpc) is 2.75. The molecule has 1 heterocycles. The molecule has 1 rings (SSSR count). The molecule has 0 bridgehead atoms.